The van der Waals surface area contributed by atoms with Gasteiger partial charge in [-0.15, -0.1) is 0 Å². The molecule has 0 saturated carbocycles. The van der Waals surface area contributed by atoms with Crippen LogP contribution in [0.25, 0.3) is 6.08 Å². The summed E-state index contributed by atoms with van der Waals surface area (Å²) < 4.78 is 5.05. The largest absolute Gasteiger partial charge is 0.497 e. The third-order valence-electron chi connectivity index (χ3n) is 2.63. The topological polar surface area (TPSA) is 38.3 Å². The van der Waals surface area contributed by atoms with Crippen molar-refractivity contribution in [1.29, 1.82) is 0 Å². The summed E-state index contributed by atoms with van der Waals surface area (Å²) in [6, 6.07) is 14.4. The molecular formula is C16H14ClNO2. The predicted octanol–water partition coefficient (Wildman–Crippen LogP) is 4.00. The van der Waals surface area contributed by atoms with Gasteiger partial charge in [0.05, 0.1) is 7.11 Å². The number of rotatable bonds is 4. The Morgan fingerprint density at radius 1 is 1.20 bits per heavy atom. The van der Waals surface area contributed by atoms with Crippen LogP contribution in [0.15, 0.2) is 54.6 Å². The third-order valence-corrected chi connectivity index (χ3v) is 2.87. The Kier molecular flexibility index (Phi) is 4.80. The summed E-state index contributed by atoms with van der Waals surface area (Å²) in [6.45, 7) is 0. The number of hydrogen-bond donors (Lipinski definition) is 1. The van der Waals surface area contributed by atoms with E-state index in [1.54, 1.807) is 49.6 Å². The number of amides is 1. The van der Waals surface area contributed by atoms with Gasteiger partial charge in [-0.3, -0.25) is 4.79 Å². The molecule has 0 aliphatic carbocycles. The standard InChI is InChI=1S/C16H14ClNO2/c1-20-15-8-6-14(7-9-15)18-16(19)10-5-12-3-2-4-13(17)11-12/h2-11H,1H3,(H,18,19). The van der Waals surface area contributed by atoms with E-state index in [-0.39, 0.29) is 5.91 Å². The number of hydrogen-bond acceptors (Lipinski definition) is 2. The van der Waals surface area contributed by atoms with Crippen molar-refractivity contribution < 1.29 is 9.53 Å². The average molecular weight is 288 g/mol. The van der Waals surface area contributed by atoms with E-state index in [0.29, 0.717) is 10.7 Å². The summed E-state index contributed by atoms with van der Waals surface area (Å²) in [5, 5.41) is 3.41. The molecule has 0 fully saturated rings. The van der Waals surface area contributed by atoms with Gasteiger partial charge in [0.2, 0.25) is 5.91 Å². The molecule has 0 bridgehead atoms. The van der Waals surface area contributed by atoms with Crippen molar-refractivity contribution in [3.63, 3.8) is 0 Å². The molecule has 0 aromatic heterocycles. The first-order valence-corrected chi connectivity index (χ1v) is 6.44. The average Bonchev–Trinajstić information content (AvgIpc) is 2.46. The summed E-state index contributed by atoms with van der Waals surface area (Å²) >= 11 is 5.87. The molecule has 0 heterocycles. The van der Waals surface area contributed by atoms with Gasteiger partial charge in [-0.25, -0.2) is 0 Å². The molecule has 1 amide bonds. The lowest BCUT2D eigenvalue weighted by Gasteiger charge is -2.03. The molecule has 102 valence electrons. The SMILES string of the molecule is COc1ccc(NC(=O)C=Cc2cccc(Cl)c2)cc1. The highest BCUT2D eigenvalue weighted by Gasteiger charge is 1.98. The zero-order valence-electron chi connectivity index (χ0n) is 11.0. The van der Waals surface area contributed by atoms with Gasteiger partial charge in [0.15, 0.2) is 0 Å². The van der Waals surface area contributed by atoms with E-state index >= 15 is 0 Å². The Bertz CT molecular complexity index is 621. The lowest BCUT2D eigenvalue weighted by Crippen LogP contribution is -2.07. The minimum Gasteiger partial charge on any atom is -0.497 e. The second-order valence-corrected chi connectivity index (χ2v) is 4.54. The first-order valence-electron chi connectivity index (χ1n) is 6.06. The number of halogens is 1. The number of ether oxygens (including phenoxy) is 1. The first kappa shape index (κ1) is 14.2. The Morgan fingerprint density at radius 2 is 1.95 bits per heavy atom. The van der Waals surface area contributed by atoms with Gasteiger partial charge in [0.1, 0.15) is 5.75 Å². The van der Waals surface area contributed by atoms with Crippen molar-refractivity contribution in [2.45, 2.75) is 0 Å². The molecule has 0 atom stereocenters. The molecule has 0 radical (unpaired) electrons. The lowest BCUT2D eigenvalue weighted by molar-refractivity contribution is -0.111. The molecule has 0 aliphatic heterocycles. The number of carbonyl (C=O) groups excluding carboxylic acids is 1. The van der Waals surface area contributed by atoms with Gasteiger partial charge in [-0.1, -0.05) is 23.7 Å². The Balaban J connectivity index is 1.98. The van der Waals surface area contributed by atoms with Crippen LogP contribution in [-0.2, 0) is 4.79 Å². The zero-order chi connectivity index (χ0) is 14.4. The highest BCUT2D eigenvalue weighted by Crippen LogP contribution is 2.15. The van der Waals surface area contributed by atoms with Crippen LogP contribution >= 0.6 is 11.6 Å². The van der Waals surface area contributed by atoms with Gasteiger partial charge >= 0.3 is 0 Å². The highest BCUT2D eigenvalue weighted by molar-refractivity contribution is 6.30. The van der Waals surface area contributed by atoms with E-state index in [4.69, 9.17) is 16.3 Å². The molecule has 20 heavy (non-hydrogen) atoms. The van der Waals surface area contributed by atoms with Crippen LogP contribution in [0.3, 0.4) is 0 Å². The molecule has 2 aromatic carbocycles. The maximum absolute atomic E-state index is 11.8. The van der Waals surface area contributed by atoms with Gasteiger partial charge < -0.3 is 10.1 Å². The van der Waals surface area contributed by atoms with Crippen molar-refractivity contribution in [2.75, 3.05) is 12.4 Å². The van der Waals surface area contributed by atoms with E-state index < -0.39 is 0 Å². The van der Waals surface area contributed by atoms with Crippen molar-refractivity contribution >= 4 is 29.3 Å². The van der Waals surface area contributed by atoms with Crippen molar-refractivity contribution in [3.05, 3.63) is 65.2 Å². The monoisotopic (exact) mass is 287 g/mol. The maximum Gasteiger partial charge on any atom is 0.248 e. The van der Waals surface area contributed by atoms with Gasteiger partial charge in [-0.05, 0) is 48.0 Å². The lowest BCUT2D eigenvalue weighted by atomic mass is 10.2. The molecule has 3 nitrogen and oxygen atoms in total. The Labute approximate surface area is 122 Å². The third kappa shape index (κ3) is 4.14. The minimum absolute atomic E-state index is 0.199. The van der Waals surface area contributed by atoms with Crippen LogP contribution in [0.5, 0.6) is 5.75 Å². The van der Waals surface area contributed by atoms with Crippen LogP contribution < -0.4 is 10.1 Å². The molecule has 0 saturated heterocycles. The summed E-state index contributed by atoms with van der Waals surface area (Å²) in [5.74, 6) is 0.549. The summed E-state index contributed by atoms with van der Waals surface area (Å²) in [7, 11) is 1.60. The van der Waals surface area contributed by atoms with E-state index in [1.165, 1.54) is 6.08 Å². The van der Waals surface area contributed by atoms with Gasteiger partial charge in [0.25, 0.3) is 0 Å². The second kappa shape index (κ2) is 6.78. The molecule has 1 N–H and O–H groups in total. The summed E-state index contributed by atoms with van der Waals surface area (Å²) in [4.78, 5) is 11.8. The molecule has 4 heteroatoms. The Hall–Kier alpha value is -2.26. The fraction of sp³-hybridized carbons (Fsp3) is 0.0625. The molecular weight excluding hydrogens is 274 g/mol. The quantitative estimate of drug-likeness (QED) is 0.863. The fourth-order valence-electron chi connectivity index (χ4n) is 1.64. The molecule has 2 aromatic rings. The Morgan fingerprint density at radius 3 is 2.60 bits per heavy atom. The summed E-state index contributed by atoms with van der Waals surface area (Å²) in [6.07, 6.45) is 3.18. The normalized spacial score (nSPS) is 10.5. The smallest absolute Gasteiger partial charge is 0.248 e. The van der Waals surface area contributed by atoms with Crippen LogP contribution in [0.4, 0.5) is 5.69 Å². The number of methoxy groups -OCH3 is 1. The molecule has 0 unspecified atom stereocenters. The minimum atomic E-state index is -0.199. The van der Waals surface area contributed by atoms with Crippen LogP contribution in [-0.4, -0.2) is 13.0 Å². The molecule has 2 rings (SSSR count). The van der Waals surface area contributed by atoms with Crippen molar-refractivity contribution in [2.24, 2.45) is 0 Å². The van der Waals surface area contributed by atoms with Crippen LogP contribution in [0.1, 0.15) is 5.56 Å². The first-order chi connectivity index (χ1) is 9.67. The van der Waals surface area contributed by atoms with E-state index in [0.717, 1.165) is 11.3 Å². The van der Waals surface area contributed by atoms with E-state index in [1.807, 2.05) is 12.1 Å². The number of benzene rings is 2. The number of carbonyl (C=O) groups is 1. The maximum atomic E-state index is 11.8. The number of anilines is 1. The number of nitrogens with one attached hydrogen (secondary N) is 1. The van der Waals surface area contributed by atoms with Crippen molar-refractivity contribution in [3.8, 4) is 5.75 Å². The van der Waals surface area contributed by atoms with E-state index in [2.05, 4.69) is 5.32 Å². The molecule has 0 aliphatic rings. The summed E-state index contributed by atoms with van der Waals surface area (Å²) in [5.41, 5.74) is 1.59. The van der Waals surface area contributed by atoms with Gasteiger partial charge in [0, 0.05) is 16.8 Å². The second-order valence-electron chi connectivity index (χ2n) is 4.11. The predicted molar refractivity (Wildman–Crippen MR) is 82.1 cm³/mol. The van der Waals surface area contributed by atoms with Gasteiger partial charge in [-0.2, -0.15) is 0 Å². The highest BCUT2D eigenvalue weighted by atomic mass is 35.5. The fourth-order valence-corrected chi connectivity index (χ4v) is 1.84. The van der Waals surface area contributed by atoms with Crippen molar-refractivity contribution in [1.82, 2.24) is 0 Å². The zero-order valence-corrected chi connectivity index (χ0v) is 11.7. The van der Waals surface area contributed by atoms with E-state index in [9.17, 15) is 4.79 Å². The van der Waals surface area contributed by atoms with Crippen LogP contribution in [0, 0.1) is 0 Å². The molecule has 0 spiro atoms. The van der Waals surface area contributed by atoms with Crippen LogP contribution in [0.2, 0.25) is 5.02 Å².